The van der Waals surface area contributed by atoms with E-state index in [-0.39, 0.29) is 14.1 Å². The monoisotopic (exact) mass is 106 g/mol. The van der Waals surface area contributed by atoms with Gasteiger partial charge in [-0.2, -0.15) is 0 Å². The molecule has 44 valence electrons. The van der Waals surface area contributed by atoms with Crippen molar-refractivity contribution < 1.29 is 18.9 Å². The molecule has 0 aliphatic heterocycles. The predicted molar refractivity (Wildman–Crippen MR) is 20.4 cm³/mol. The van der Waals surface area contributed by atoms with Crippen molar-refractivity contribution in [3.8, 4) is 0 Å². The summed E-state index contributed by atoms with van der Waals surface area (Å²) in [4.78, 5) is 0. The highest BCUT2D eigenvalue weighted by atomic mass is 19.0. The first kappa shape index (κ1) is 42.4. The number of methoxy groups -OCH3 is 1. The van der Waals surface area contributed by atoms with E-state index in [0.29, 0.717) is 0 Å². The molecule has 0 bridgehead atoms. The van der Waals surface area contributed by atoms with Gasteiger partial charge in [-0.3, -0.25) is 14.1 Å². The third kappa shape index (κ3) is 454. The van der Waals surface area contributed by atoms with Gasteiger partial charge in [-0.15, -0.1) is 0 Å². The zero-order chi connectivity index (χ0) is 2.71. The van der Waals surface area contributed by atoms with Gasteiger partial charge in [-0.05, 0) is 0 Å². The average Bonchev–Trinajstić information content (AvgIpc) is 0.918. The summed E-state index contributed by atoms with van der Waals surface area (Å²) in [6.45, 7) is 0. The highest BCUT2D eigenvalue weighted by Gasteiger charge is 1.25. The van der Waals surface area contributed by atoms with Crippen LogP contribution in [0.25, 0.3) is 0 Å². The summed E-state index contributed by atoms with van der Waals surface area (Å²) in [7, 11) is 3.25. The van der Waals surface area contributed by atoms with Crippen LogP contribution in [0.3, 0.4) is 0 Å². The standard InChI is InChI=1S/C2H6O.3FH/c1-3-2;;;/h1-2H3;3*1H. The van der Waals surface area contributed by atoms with E-state index < -0.39 is 0 Å². The third-order valence-electron chi connectivity index (χ3n) is 0. The average molecular weight is 106 g/mol. The van der Waals surface area contributed by atoms with Crippen LogP contribution < -0.4 is 0 Å². The lowest BCUT2D eigenvalue weighted by atomic mass is 11.6. The highest BCUT2D eigenvalue weighted by molar-refractivity contribution is 3.56. The summed E-state index contributed by atoms with van der Waals surface area (Å²) in [5.41, 5.74) is 0. The summed E-state index contributed by atoms with van der Waals surface area (Å²) in [5.74, 6) is 0. The molecular formula is C2H9F3O. The molecule has 0 aromatic heterocycles. The molecule has 1 nitrogen and oxygen atoms in total. The fourth-order valence-electron chi connectivity index (χ4n) is 0. The molecule has 0 N–H and O–H groups in total. The van der Waals surface area contributed by atoms with E-state index in [1.165, 1.54) is 0 Å². The van der Waals surface area contributed by atoms with Crippen LogP contribution in [0.2, 0.25) is 0 Å². The Morgan fingerprint density at radius 3 is 0.833 bits per heavy atom. The lowest BCUT2D eigenvalue weighted by Crippen LogP contribution is -1.55. The van der Waals surface area contributed by atoms with Gasteiger partial charge >= 0.3 is 0 Å². The van der Waals surface area contributed by atoms with Crippen molar-refractivity contribution in [3.63, 3.8) is 0 Å². The van der Waals surface area contributed by atoms with Crippen LogP contribution in [0, 0.1) is 0 Å². The van der Waals surface area contributed by atoms with E-state index >= 15 is 0 Å². The minimum Gasteiger partial charge on any atom is -0.388 e. The zero-order valence-corrected chi connectivity index (χ0v) is 3.63. The molecule has 6 heavy (non-hydrogen) atoms. The third-order valence-corrected chi connectivity index (χ3v) is 0. The topological polar surface area (TPSA) is 9.23 Å². The van der Waals surface area contributed by atoms with Crippen LogP contribution in [0.5, 0.6) is 0 Å². The van der Waals surface area contributed by atoms with Crippen LogP contribution in [0.15, 0.2) is 0 Å². The van der Waals surface area contributed by atoms with E-state index in [1.54, 1.807) is 14.2 Å². The second kappa shape index (κ2) is 119. The fourth-order valence-corrected chi connectivity index (χ4v) is 0. The van der Waals surface area contributed by atoms with E-state index in [1.807, 2.05) is 0 Å². The van der Waals surface area contributed by atoms with E-state index in [2.05, 4.69) is 4.74 Å². The molecule has 0 saturated heterocycles. The van der Waals surface area contributed by atoms with Crippen LogP contribution in [0.1, 0.15) is 0 Å². The minimum atomic E-state index is 0. The van der Waals surface area contributed by atoms with Crippen molar-refractivity contribution >= 4 is 0 Å². The summed E-state index contributed by atoms with van der Waals surface area (Å²) in [5, 5.41) is 0. The molecule has 0 spiro atoms. The Kier molecular flexibility index (Phi) is 838. The normalized spacial score (nSPS) is 3.00. The molecule has 0 aromatic carbocycles. The molecule has 0 atom stereocenters. The summed E-state index contributed by atoms with van der Waals surface area (Å²) >= 11 is 0. The van der Waals surface area contributed by atoms with E-state index in [9.17, 15) is 0 Å². The first-order chi connectivity index (χ1) is 1.41. The molecule has 0 unspecified atom stereocenters. The van der Waals surface area contributed by atoms with Crippen LogP contribution in [-0.2, 0) is 4.74 Å². The number of halogens is 3. The van der Waals surface area contributed by atoms with Crippen LogP contribution in [-0.4, -0.2) is 14.2 Å². The minimum absolute atomic E-state index is 0. The number of hydrogen-bond acceptors (Lipinski definition) is 1. The number of rotatable bonds is 0. The van der Waals surface area contributed by atoms with Gasteiger partial charge in [0.1, 0.15) is 0 Å². The quantitative estimate of drug-likeness (QED) is 0.442. The second-order valence-electron chi connectivity index (χ2n) is 0.408. The zero-order valence-electron chi connectivity index (χ0n) is 3.63. The second-order valence-corrected chi connectivity index (χ2v) is 0.408. The Hall–Kier alpha value is -0.250. The van der Waals surface area contributed by atoms with Gasteiger partial charge in [0, 0.05) is 14.2 Å². The van der Waals surface area contributed by atoms with E-state index in [0.717, 1.165) is 0 Å². The van der Waals surface area contributed by atoms with Crippen molar-refractivity contribution in [3.05, 3.63) is 0 Å². The molecule has 0 saturated carbocycles. The molecule has 0 aliphatic carbocycles. The maximum atomic E-state index is 4.25. The van der Waals surface area contributed by atoms with E-state index in [4.69, 9.17) is 0 Å². The van der Waals surface area contributed by atoms with Crippen molar-refractivity contribution in [2.75, 3.05) is 14.2 Å². The van der Waals surface area contributed by atoms with Gasteiger partial charge in [0.2, 0.25) is 0 Å². The van der Waals surface area contributed by atoms with Gasteiger partial charge in [-0.25, -0.2) is 0 Å². The Bertz CT molecular complexity index is 8.75. The lowest BCUT2D eigenvalue weighted by molar-refractivity contribution is 0.277. The highest BCUT2D eigenvalue weighted by Crippen LogP contribution is 1.28. The smallest absolute Gasteiger partial charge is 0.0351 e. The lowest BCUT2D eigenvalue weighted by Gasteiger charge is -1.61. The molecular weight excluding hydrogens is 97.0 g/mol. The summed E-state index contributed by atoms with van der Waals surface area (Å²) in [6, 6.07) is 0. The molecule has 0 fully saturated rings. The van der Waals surface area contributed by atoms with Crippen molar-refractivity contribution in [1.29, 1.82) is 0 Å². The molecule has 0 rings (SSSR count). The molecule has 0 heterocycles. The van der Waals surface area contributed by atoms with Gasteiger partial charge in [0.25, 0.3) is 0 Å². The van der Waals surface area contributed by atoms with Crippen molar-refractivity contribution in [2.45, 2.75) is 0 Å². The largest absolute Gasteiger partial charge is 0.388 e. The van der Waals surface area contributed by atoms with Crippen LogP contribution >= 0.6 is 0 Å². The first-order valence-electron chi connectivity index (χ1n) is 0.816. The Balaban J connectivity index is -0.00000000667. The van der Waals surface area contributed by atoms with Gasteiger partial charge in [0.15, 0.2) is 0 Å². The Morgan fingerprint density at radius 2 is 0.833 bits per heavy atom. The molecule has 0 aromatic rings. The SMILES string of the molecule is COC.F.F.F. The van der Waals surface area contributed by atoms with Crippen molar-refractivity contribution in [1.82, 2.24) is 0 Å². The molecule has 0 radical (unpaired) electrons. The summed E-state index contributed by atoms with van der Waals surface area (Å²) < 4.78 is 4.25. The fraction of sp³-hybridized carbons (Fsp3) is 1.00. The van der Waals surface area contributed by atoms with Crippen LogP contribution in [0.4, 0.5) is 14.1 Å². The maximum Gasteiger partial charge on any atom is 0.0351 e. The molecule has 0 amide bonds. The first-order valence-corrected chi connectivity index (χ1v) is 0.816. The van der Waals surface area contributed by atoms with Gasteiger partial charge in [0.05, 0.1) is 0 Å². The number of ether oxygens (including phenoxy) is 1. The maximum absolute atomic E-state index is 4.25. The molecule has 0 aliphatic rings. The summed E-state index contributed by atoms with van der Waals surface area (Å²) in [6.07, 6.45) is 0. The van der Waals surface area contributed by atoms with Crippen molar-refractivity contribution in [2.24, 2.45) is 0 Å². The Morgan fingerprint density at radius 1 is 0.833 bits per heavy atom. The Labute approximate surface area is 34.4 Å². The molecule has 4 heteroatoms. The predicted octanol–water partition coefficient (Wildman–Crippen LogP) is 0.720. The number of hydrogen-bond donors (Lipinski definition) is 0. The van der Waals surface area contributed by atoms with Gasteiger partial charge in [-0.1, -0.05) is 0 Å². The van der Waals surface area contributed by atoms with Gasteiger partial charge < -0.3 is 4.74 Å².